The van der Waals surface area contributed by atoms with Gasteiger partial charge in [-0.15, -0.1) is 4.91 Å². The van der Waals surface area contributed by atoms with Gasteiger partial charge in [-0.05, 0) is 24.1 Å². The molecule has 1 amide bonds. The van der Waals surface area contributed by atoms with Crippen LogP contribution in [0.1, 0.15) is 42.2 Å². The van der Waals surface area contributed by atoms with E-state index in [1.165, 1.54) is 18.3 Å². The summed E-state index contributed by atoms with van der Waals surface area (Å²) < 4.78 is 12.4. The van der Waals surface area contributed by atoms with E-state index in [-0.39, 0.29) is 23.9 Å². The second kappa shape index (κ2) is 9.39. The zero-order valence-electron chi connectivity index (χ0n) is 18.2. The molecule has 0 aliphatic carbocycles. The Morgan fingerprint density at radius 2 is 2.00 bits per heavy atom. The lowest BCUT2D eigenvalue weighted by molar-refractivity contribution is 0.0998. The quantitative estimate of drug-likeness (QED) is 0.463. The first-order chi connectivity index (χ1) is 15.2. The van der Waals surface area contributed by atoms with Crippen molar-refractivity contribution in [3.63, 3.8) is 0 Å². The van der Waals surface area contributed by atoms with Crippen molar-refractivity contribution in [3.05, 3.63) is 55.6 Å². The van der Waals surface area contributed by atoms with Crippen LogP contribution in [-0.4, -0.2) is 42.4 Å². The second-order valence-corrected chi connectivity index (χ2v) is 8.41. The highest BCUT2D eigenvalue weighted by Gasteiger charge is 2.37. The van der Waals surface area contributed by atoms with Gasteiger partial charge in [0.25, 0.3) is 0 Å². The minimum absolute atomic E-state index is 0.00770. The molecule has 1 N–H and O–H groups in total. The number of ether oxygens (including phenoxy) is 2. The van der Waals surface area contributed by atoms with Crippen LogP contribution in [0.2, 0.25) is 0 Å². The van der Waals surface area contributed by atoms with Crippen LogP contribution in [0.25, 0.3) is 11.3 Å². The Balaban J connectivity index is 2.15. The Labute approximate surface area is 184 Å². The van der Waals surface area contributed by atoms with Crippen LogP contribution < -0.4 is 10.2 Å². The first-order valence-electron chi connectivity index (χ1n) is 10.1. The van der Waals surface area contributed by atoms with E-state index in [0.29, 0.717) is 43.1 Å². The molecule has 0 fully saturated rings. The van der Waals surface area contributed by atoms with Crippen LogP contribution in [0.15, 0.2) is 39.5 Å². The van der Waals surface area contributed by atoms with Crippen LogP contribution in [-0.2, 0) is 11.2 Å². The predicted molar refractivity (Wildman–Crippen MR) is 117 cm³/mol. The molecule has 3 rings (SSSR count). The number of hydrogen-bond acceptors (Lipinski definition) is 8. The van der Waals surface area contributed by atoms with E-state index in [9.17, 15) is 24.5 Å². The van der Waals surface area contributed by atoms with E-state index < -0.39 is 16.8 Å². The number of carbonyl (C=O) groups excluding carboxylic acids is 1. The number of aromatic hydroxyl groups is 1. The Bertz CT molecular complexity index is 1110. The minimum atomic E-state index is -1.16. The highest BCUT2D eigenvalue weighted by Crippen LogP contribution is 2.45. The molecule has 1 atom stereocenters. The molecule has 0 radical (unpaired) electrons. The molecule has 0 saturated heterocycles. The van der Waals surface area contributed by atoms with Crippen molar-refractivity contribution < 1.29 is 19.4 Å². The molecule has 10 heteroatoms. The molecule has 0 spiro atoms. The maximum atomic E-state index is 12.5. The highest BCUT2D eigenvalue weighted by molar-refractivity contribution is 5.94. The third-order valence-corrected chi connectivity index (χ3v) is 5.73. The average Bonchev–Trinajstić information content (AvgIpc) is 2.75. The maximum absolute atomic E-state index is 12.5. The number of nitrogens with zero attached hydrogens (tertiary/aromatic N) is 3. The largest absolute Gasteiger partial charge is 0.504 e. The SMILES string of the molecule is COCCCOc1cc2c(cc1O)-c1cc(=O)c(C(=O)N=O)cn1[C@@H](C(C)(C)CN=O)C2. The molecule has 0 bridgehead atoms. The van der Waals surface area contributed by atoms with Crippen molar-refractivity contribution in [3.8, 4) is 22.8 Å². The zero-order chi connectivity index (χ0) is 23.5. The topological polar surface area (TPSA) is 137 Å². The van der Waals surface area contributed by atoms with Crippen LogP contribution in [0, 0.1) is 15.2 Å². The Morgan fingerprint density at radius 3 is 2.66 bits per heavy atom. The summed E-state index contributed by atoms with van der Waals surface area (Å²) in [5, 5.41) is 15.9. The van der Waals surface area contributed by atoms with Crippen molar-refractivity contribution in [2.75, 3.05) is 26.9 Å². The van der Waals surface area contributed by atoms with Gasteiger partial charge >= 0.3 is 5.91 Å². The third kappa shape index (κ3) is 4.45. The number of fused-ring (bicyclic) bond motifs is 3. The van der Waals surface area contributed by atoms with Gasteiger partial charge in [0, 0.05) is 54.6 Å². The monoisotopic (exact) mass is 443 g/mol. The zero-order valence-corrected chi connectivity index (χ0v) is 18.2. The summed E-state index contributed by atoms with van der Waals surface area (Å²) in [4.78, 5) is 46.2. The lowest BCUT2D eigenvalue weighted by Gasteiger charge is -2.39. The van der Waals surface area contributed by atoms with E-state index >= 15 is 0 Å². The summed E-state index contributed by atoms with van der Waals surface area (Å²) in [6.45, 7) is 4.58. The number of hydrogen-bond donors (Lipinski definition) is 1. The van der Waals surface area contributed by atoms with E-state index in [4.69, 9.17) is 9.47 Å². The molecule has 10 nitrogen and oxygen atoms in total. The molecular formula is C22H25N3O7. The molecular weight excluding hydrogens is 418 g/mol. The first kappa shape index (κ1) is 23.3. The molecule has 1 aromatic heterocycles. The summed E-state index contributed by atoms with van der Waals surface area (Å²) in [6.07, 6.45) is 2.37. The molecule has 170 valence electrons. The number of carbonyl (C=O) groups is 1. The van der Waals surface area contributed by atoms with E-state index in [0.717, 1.165) is 5.56 Å². The smallest absolute Gasteiger partial charge is 0.322 e. The maximum Gasteiger partial charge on any atom is 0.322 e. The number of phenols is 1. The van der Waals surface area contributed by atoms with E-state index in [1.807, 2.05) is 13.8 Å². The summed E-state index contributed by atoms with van der Waals surface area (Å²) in [7, 11) is 1.59. The van der Waals surface area contributed by atoms with Gasteiger partial charge in [0.05, 0.1) is 18.8 Å². The van der Waals surface area contributed by atoms with Crippen molar-refractivity contribution in [2.45, 2.75) is 32.7 Å². The van der Waals surface area contributed by atoms with E-state index in [1.54, 1.807) is 17.7 Å². The number of pyridine rings is 1. The van der Waals surface area contributed by atoms with Crippen molar-refractivity contribution >= 4 is 5.91 Å². The minimum Gasteiger partial charge on any atom is -0.504 e. The number of aromatic nitrogens is 1. The molecule has 32 heavy (non-hydrogen) atoms. The molecule has 2 heterocycles. The molecule has 1 aliphatic rings. The number of amides is 1. The fourth-order valence-corrected chi connectivity index (χ4v) is 3.98. The lowest BCUT2D eigenvalue weighted by Crippen LogP contribution is -2.36. The van der Waals surface area contributed by atoms with Gasteiger partial charge in [0.1, 0.15) is 5.56 Å². The third-order valence-electron chi connectivity index (χ3n) is 5.73. The number of benzene rings is 1. The van der Waals surface area contributed by atoms with Crippen molar-refractivity contribution in [1.82, 2.24) is 4.57 Å². The second-order valence-electron chi connectivity index (χ2n) is 8.41. The number of nitroso groups, excluding NO2 is 2. The Hall–Kier alpha value is -3.40. The van der Waals surface area contributed by atoms with Gasteiger partial charge in [-0.3, -0.25) is 9.59 Å². The van der Waals surface area contributed by atoms with Crippen molar-refractivity contribution in [2.24, 2.45) is 15.8 Å². The van der Waals surface area contributed by atoms with Crippen LogP contribution in [0.3, 0.4) is 0 Å². The first-order valence-corrected chi connectivity index (χ1v) is 10.1. The highest BCUT2D eigenvalue weighted by atomic mass is 16.5. The van der Waals surface area contributed by atoms with Gasteiger partial charge in [0.2, 0.25) is 0 Å². The summed E-state index contributed by atoms with van der Waals surface area (Å²) in [6, 6.07) is 4.10. The van der Waals surface area contributed by atoms with E-state index in [2.05, 4.69) is 10.4 Å². The average molecular weight is 443 g/mol. The van der Waals surface area contributed by atoms with Crippen LogP contribution >= 0.6 is 0 Å². The molecule has 1 aromatic carbocycles. The Kier molecular flexibility index (Phi) is 6.83. The fourth-order valence-electron chi connectivity index (χ4n) is 3.98. The number of methoxy groups -OCH3 is 1. The number of rotatable bonds is 9. The normalized spacial score (nSPS) is 14.9. The van der Waals surface area contributed by atoms with Crippen molar-refractivity contribution in [1.29, 1.82) is 0 Å². The van der Waals surface area contributed by atoms with Gasteiger partial charge < -0.3 is 19.1 Å². The van der Waals surface area contributed by atoms with Crippen LogP contribution in [0.4, 0.5) is 0 Å². The van der Waals surface area contributed by atoms with Gasteiger partial charge in [0.15, 0.2) is 16.9 Å². The molecule has 2 aromatic rings. The van der Waals surface area contributed by atoms with Gasteiger partial charge in [-0.25, -0.2) is 0 Å². The standard InChI is InChI=1S/C22H25N3O7/c1-22(2,12-23-29)20-8-13-7-19(32-6-4-5-31-3)18(27)9-14(13)16-10-17(26)15(11-25(16)20)21(28)24-30/h7,9-11,20,27H,4-6,8,12H2,1-3H3/t20-/m1/s1. The lowest BCUT2D eigenvalue weighted by atomic mass is 9.77. The molecule has 0 saturated carbocycles. The van der Waals surface area contributed by atoms with Crippen LogP contribution in [0.5, 0.6) is 11.5 Å². The summed E-state index contributed by atoms with van der Waals surface area (Å²) >= 11 is 0. The van der Waals surface area contributed by atoms with Gasteiger partial charge in [-0.2, -0.15) is 4.91 Å². The molecule has 1 aliphatic heterocycles. The fraction of sp³-hybridized carbons (Fsp3) is 0.455. The van der Waals surface area contributed by atoms with Gasteiger partial charge in [-0.1, -0.05) is 19.0 Å². The number of phenolic OH excluding ortho intramolecular Hbond substituents is 1. The summed E-state index contributed by atoms with van der Waals surface area (Å²) in [5.41, 5.74) is 0.195. The molecule has 0 unspecified atom stereocenters. The Morgan fingerprint density at radius 1 is 1.25 bits per heavy atom. The summed E-state index contributed by atoms with van der Waals surface area (Å²) in [5.74, 6) is -0.955. The predicted octanol–water partition coefficient (Wildman–Crippen LogP) is 3.43.